The molecule has 0 amide bonds. The molecule has 3 aromatic carbocycles. The Labute approximate surface area is 253 Å². The number of aromatic nitrogens is 3. The number of nitrogens with zero attached hydrogens (tertiary/aromatic N) is 7. The number of hydrogen-bond donors (Lipinski definition) is 0. The zero-order valence-electron chi connectivity index (χ0n) is 25.3. The first kappa shape index (κ1) is 34.9. The maximum atomic E-state index is 4.30. The highest BCUT2D eigenvalue weighted by Gasteiger charge is 2.04. The highest BCUT2D eigenvalue weighted by molar-refractivity contribution is 7.10. The summed E-state index contributed by atoms with van der Waals surface area (Å²) in [5.41, 5.74) is 7.36. The van der Waals surface area contributed by atoms with Gasteiger partial charge in [-0.3, -0.25) is 5.01 Å². The Kier molecular flexibility index (Phi) is 18.5. The highest BCUT2D eigenvalue weighted by Crippen LogP contribution is 2.23. The van der Waals surface area contributed by atoms with Crippen molar-refractivity contribution in [1.29, 1.82) is 0 Å². The summed E-state index contributed by atoms with van der Waals surface area (Å²) < 4.78 is 3.89. The molecule has 9 heteroatoms. The zero-order chi connectivity index (χ0) is 30.3. The van der Waals surface area contributed by atoms with Crippen molar-refractivity contribution in [3.8, 4) is 22.5 Å². The molecule has 0 saturated carbocycles. The van der Waals surface area contributed by atoms with Gasteiger partial charge in [0.15, 0.2) is 0 Å². The fourth-order valence-electron chi connectivity index (χ4n) is 3.01. The van der Waals surface area contributed by atoms with Crippen molar-refractivity contribution in [2.75, 3.05) is 14.1 Å². The van der Waals surface area contributed by atoms with Crippen LogP contribution in [0, 0.1) is 13.8 Å². The summed E-state index contributed by atoms with van der Waals surface area (Å²) >= 11 is 3.13. The van der Waals surface area contributed by atoms with Crippen LogP contribution < -0.4 is 0 Å². The Morgan fingerprint density at radius 2 is 1.20 bits per heavy atom. The van der Waals surface area contributed by atoms with Crippen molar-refractivity contribution in [1.82, 2.24) is 19.6 Å². The third-order valence-electron chi connectivity index (χ3n) is 4.77. The molecule has 0 unspecified atom stereocenters. The Balaban J connectivity index is 0.000000289. The predicted molar refractivity (Wildman–Crippen MR) is 178 cm³/mol. The summed E-state index contributed by atoms with van der Waals surface area (Å²) in [6, 6.07) is 30.1. The van der Waals surface area contributed by atoms with Crippen LogP contribution in [0.3, 0.4) is 0 Å². The molecule has 0 saturated heterocycles. The number of hydrogen-bond acceptors (Lipinski definition) is 7. The van der Waals surface area contributed by atoms with Gasteiger partial charge in [0.05, 0.1) is 22.3 Å². The highest BCUT2D eigenvalue weighted by atomic mass is 32.1. The van der Waals surface area contributed by atoms with E-state index in [1.165, 1.54) is 26.9 Å². The first-order chi connectivity index (χ1) is 20.0. The SMILES string of the molecule is CC.CC.CN(C)/N=N\N=C\c1ccccc1.Cc1scnc1-c1ccccc1.Cc1snnc1-c1ccccc1. The van der Waals surface area contributed by atoms with Crippen LogP contribution in [-0.2, 0) is 0 Å². The first-order valence-corrected chi connectivity index (χ1v) is 15.2. The summed E-state index contributed by atoms with van der Waals surface area (Å²) in [5.74, 6) is 0. The van der Waals surface area contributed by atoms with Gasteiger partial charge >= 0.3 is 0 Å². The molecule has 5 aromatic rings. The van der Waals surface area contributed by atoms with Gasteiger partial charge in [-0.05, 0) is 36.2 Å². The Morgan fingerprint density at radius 3 is 1.63 bits per heavy atom. The van der Waals surface area contributed by atoms with Crippen LogP contribution in [0.25, 0.3) is 22.5 Å². The lowest BCUT2D eigenvalue weighted by molar-refractivity contribution is 0.400. The molecular formula is C32H41N7S2. The second-order valence-electron chi connectivity index (χ2n) is 7.85. The van der Waals surface area contributed by atoms with Crippen LogP contribution in [0.15, 0.2) is 112 Å². The maximum absolute atomic E-state index is 4.30. The zero-order valence-corrected chi connectivity index (χ0v) is 26.9. The minimum Gasteiger partial charge on any atom is -0.283 e. The van der Waals surface area contributed by atoms with Crippen molar-refractivity contribution >= 4 is 29.1 Å². The lowest BCUT2D eigenvalue weighted by atomic mass is 10.1. The average Bonchev–Trinajstić information content (AvgIpc) is 3.67. The van der Waals surface area contributed by atoms with Crippen LogP contribution in [-0.4, -0.2) is 39.9 Å². The molecule has 0 aliphatic heterocycles. The summed E-state index contributed by atoms with van der Waals surface area (Å²) in [6.45, 7) is 12.1. The van der Waals surface area contributed by atoms with Gasteiger partial charge in [-0.25, -0.2) is 4.98 Å². The Bertz CT molecular complexity index is 1290. The summed E-state index contributed by atoms with van der Waals surface area (Å²) in [6.07, 6.45) is 1.66. The van der Waals surface area contributed by atoms with E-state index in [-0.39, 0.29) is 0 Å². The number of thiazole rings is 1. The molecule has 2 aromatic heterocycles. The standard InChI is InChI=1S/C10H9NS.C9H12N4.C9H8N2S.2C2H6/c1-8-10(11-7-12-8)9-5-3-2-4-6-9;1-13(2)12-11-10-8-9-6-4-3-5-7-9;1-7-9(10-11-12-7)8-5-3-2-4-6-8;2*1-2/h2-7H,1H3;3-8H,1-2H3;2-6H,1H3;2*1-2H3/b;10-8+,12-11-;;;. The summed E-state index contributed by atoms with van der Waals surface area (Å²) in [4.78, 5) is 6.75. The van der Waals surface area contributed by atoms with Gasteiger partial charge in [0, 0.05) is 30.1 Å². The van der Waals surface area contributed by atoms with Crippen molar-refractivity contribution in [2.24, 2.45) is 15.5 Å². The van der Waals surface area contributed by atoms with E-state index in [0.29, 0.717) is 0 Å². The molecule has 0 fully saturated rings. The second kappa shape index (κ2) is 21.7. The second-order valence-corrected chi connectivity index (χ2v) is 9.87. The predicted octanol–water partition coefficient (Wildman–Crippen LogP) is 9.63. The van der Waals surface area contributed by atoms with E-state index < -0.39 is 0 Å². The van der Waals surface area contributed by atoms with Crippen molar-refractivity contribution in [2.45, 2.75) is 41.5 Å². The molecule has 216 valence electrons. The van der Waals surface area contributed by atoms with Crippen LogP contribution in [0.5, 0.6) is 0 Å². The van der Waals surface area contributed by atoms with E-state index >= 15 is 0 Å². The monoisotopic (exact) mass is 587 g/mol. The summed E-state index contributed by atoms with van der Waals surface area (Å²) in [7, 11) is 3.59. The van der Waals surface area contributed by atoms with Crippen LogP contribution in [0.1, 0.15) is 43.0 Å². The number of rotatable bonds is 5. The van der Waals surface area contributed by atoms with E-state index in [0.717, 1.165) is 22.5 Å². The third kappa shape index (κ3) is 13.7. The van der Waals surface area contributed by atoms with Crippen LogP contribution in [0.4, 0.5) is 0 Å². The van der Waals surface area contributed by atoms with Crippen molar-refractivity contribution < 1.29 is 0 Å². The van der Waals surface area contributed by atoms with Gasteiger partial charge in [-0.15, -0.1) is 21.5 Å². The molecule has 0 atom stereocenters. The molecule has 0 N–H and O–H groups in total. The normalized spacial score (nSPS) is 9.76. The molecule has 0 aliphatic rings. The fourth-order valence-corrected chi connectivity index (χ4v) is 4.09. The average molecular weight is 588 g/mol. The molecule has 41 heavy (non-hydrogen) atoms. The van der Waals surface area contributed by atoms with Gasteiger partial charge in [0.2, 0.25) is 0 Å². The first-order valence-electron chi connectivity index (χ1n) is 13.5. The molecular weight excluding hydrogens is 547 g/mol. The van der Waals surface area contributed by atoms with E-state index in [9.17, 15) is 0 Å². The van der Waals surface area contributed by atoms with E-state index in [4.69, 9.17) is 0 Å². The maximum Gasteiger partial charge on any atom is 0.108 e. The van der Waals surface area contributed by atoms with E-state index in [2.05, 4.69) is 49.2 Å². The van der Waals surface area contributed by atoms with Gasteiger partial charge in [-0.1, -0.05) is 128 Å². The summed E-state index contributed by atoms with van der Waals surface area (Å²) in [5, 5.41) is 16.7. The third-order valence-corrected chi connectivity index (χ3v) is 6.16. The molecule has 2 heterocycles. The van der Waals surface area contributed by atoms with Crippen molar-refractivity contribution in [3.05, 3.63) is 112 Å². The molecule has 0 aliphatic carbocycles. The molecule has 7 nitrogen and oxygen atoms in total. The largest absolute Gasteiger partial charge is 0.283 e. The quantitative estimate of drug-likeness (QED) is 0.116. The molecule has 0 spiro atoms. The van der Waals surface area contributed by atoms with Gasteiger partial charge < -0.3 is 0 Å². The van der Waals surface area contributed by atoms with Crippen LogP contribution in [0.2, 0.25) is 0 Å². The molecule has 0 radical (unpaired) electrons. The number of aryl methyl sites for hydroxylation is 2. The van der Waals surface area contributed by atoms with Crippen molar-refractivity contribution in [3.63, 3.8) is 0 Å². The van der Waals surface area contributed by atoms with E-state index in [1.54, 1.807) is 36.7 Å². The fraction of sp³-hybridized carbons (Fsp3) is 0.250. The van der Waals surface area contributed by atoms with Gasteiger partial charge in [0.1, 0.15) is 5.69 Å². The molecule has 5 rings (SSSR count). The minimum atomic E-state index is 1.00. The Hall–Kier alpha value is -4.08. The van der Waals surface area contributed by atoms with E-state index in [1.807, 2.05) is 119 Å². The lowest BCUT2D eigenvalue weighted by Crippen LogP contribution is -1.98. The smallest absolute Gasteiger partial charge is 0.108 e. The van der Waals surface area contributed by atoms with Gasteiger partial charge in [0.25, 0.3) is 0 Å². The minimum absolute atomic E-state index is 1.00. The van der Waals surface area contributed by atoms with Gasteiger partial charge in [-0.2, -0.15) is 0 Å². The number of benzene rings is 3. The van der Waals surface area contributed by atoms with Crippen LogP contribution >= 0.6 is 22.9 Å². The topological polar surface area (TPSA) is 79.0 Å². The molecule has 0 bridgehead atoms. The Morgan fingerprint density at radius 1 is 0.683 bits per heavy atom. The lowest BCUT2D eigenvalue weighted by Gasteiger charge is -1.96.